The van der Waals surface area contributed by atoms with Crippen molar-refractivity contribution in [1.29, 1.82) is 0 Å². The van der Waals surface area contributed by atoms with Gasteiger partial charge in [-0.3, -0.25) is 9.59 Å². The maximum Gasteiger partial charge on any atom is 0.223 e. The van der Waals surface area contributed by atoms with Crippen LogP contribution in [-0.4, -0.2) is 25.8 Å². The molecule has 0 saturated carbocycles. The van der Waals surface area contributed by atoms with Gasteiger partial charge in [0.1, 0.15) is 0 Å². The van der Waals surface area contributed by atoms with Crippen molar-refractivity contribution >= 4 is 11.6 Å². The number of hydrogen-bond donors (Lipinski definition) is 0. The van der Waals surface area contributed by atoms with Crippen LogP contribution < -0.4 is 0 Å². The summed E-state index contributed by atoms with van der Waals surface area (Å²) >= 11 is 0. The normalized spacial score (nSPS) is 22.8. The third-order valence-corrected chi connectivity index (χ3v) is 3.25. The Balaban J connectivity index is 2.58. The van der Waals surface area contributed by atoms with E-state index >= 15 is 0 Å². The molecule has 104 valence electrons. The quantitative estimate of drug-likeness (QED) is 0.774. The topological polar surface area (TPSA) is 52.6 Å². The third kappa shape index (κ3) is 2.37. The predicted octanol–water partition coefficient (Wildman–Crippen LogP) is 2.40. The van der Waals surface area contributed by atoms with Crippen molar-refractivity contribution in [2.45, 2.75) is 13.8 Å². The zero-order valence-electron chi connectivity index (χ0n) is 11.9. The van der Waals surface area contributed by atoms with Gasteiger partial charge in [0, 0.05) is 11.1 Å². The summed E-state index contributed by atoms with van der Waals surface area (Å²) in [5.74, 6) is 0.339. The lowest BCUT2D eigenvalue weighted by molar-refractivity contribution is -0.115. The average Bonchev–Trinajstić information content (AvgIpc) is 2.44. The first kappa shape index (κ1) is 14.1. The van der Waals surface area contributed by atoms with Crippen molar-refractivity contribution in [2.24, 2.45) is 0 Å². The fourth-order valence-corrected chi connectivity index (χ4v) is 2.12. The van der Waals surface area contributed by atoms with Crippen molar-refractivity contribution in [3.8, 4) is 0 Å². The molecular weight excluding hydrogens is 256 g/mol. The van der Waals surface area contributed by atoms with E-state index in [1.165, 1.54) is 14.2 Å². The predicted molar refractivity (Wildman–Crippen MR) is 74.7 cm³/mol. The molecule has 0 saturated heterocycles. The highest BCUT2D eigenvalue weighted by Gasteiger charge is 2.22. The van der Waals surface area contributed by atoms with Gasteiger partial charge in [-0.15, -0.1) is 0 Å². The van der Waals surface area contributed by atoms with E-state index in [1.807, 2.05) is 0 Å². The lowest BCUT2D eigenvalue weighted by Gasteiger charge is -2.17. The van der Waals surface area contributed by atoms with Gasteiger partial charge < -0.3 is 9.47 Å². The minimum atomic E-state index is -0.125. The van der Waals surface area contributed by atoms with Gasteiger partial charge >= 0.3 is 0 Å². The molecule has 0 aromatic heterocycles. The number of ketones is 2. The van der Waals surface area contributed by atoms with E-state index in [1.54, 1.807) is 38.2 Å². The number of methoxy groups -OCH3 is 2. The Kier molecular flexibility index (Phi) is 3.74. The van der Waals surface area contributed by atoms with Gasteiger partial charge in [0.25, 0.3) is 0 Å². The number of ether oxygens (including phenoxy) is 2. The van der Waals surface area contributed by atoms with Crippen molar-refractivity contribution in [2.75, 3.05) is 14.2 Å². The third-order valence-electron chi connectivity index (χ3n) is 3.25. The lowest BCUT2D eigenvalue weighted by atomic mass is 9.92. The summed E-state index contributed by atoms with van der Waals surface area (Å²) in [7, 11) is 2.93. The van der Waals surface area contributed by atoms with E-state index in [-0.39, 0.29) is 11.6 Å². The van der Waals surface area contributed by atoms with E-state index in [4.69, 9.17) is 9.47 Å². The molecule has 0 unspecified atom stereocenters. The van der Waals surface area contributed by atoms with Gasteiger partial charge in [-0.1, -0.05) is 0 Å². The maximum absolute atomic E-state index is 11.8. The SMILES string of the molecule is COC1=C/C(=C2/C=C(C)C(=O)C(OC)=C2)C=C(C)C1=O. The first-order chi connectivity index (χ1) is 9.47. The second-order valence-corrected chi connectivity index (χ2v) is 4.65. The Morgan fingerprint density at radius 2 is 1.05 bits per heavy atom. The number of rotatable bonds is 2. The molecule has 0 fully saturated rings. The molecule has 0 amide bonds. The molecule has 4 nitrogen and oxygen atoms in total. The molecule has 0 aromatic rings. The first-order valence-electron chi connectivity index (χ1n) is 6.19. The van der Waals surface area contributed by atoms with Gasteiger partial charge in [0.2, 0.25) is 11.6 Å². The highest BCUT2D eigenvalue weighted by Crippen LogP contribution is 2.27. The molecular formula is C16H16O4. The summed E-state index contributed by atoms with van der Waals surface area (Å²) in [6.07, 6.45) is 6.91. The highest BCUT2D eigenvalue weighted by atomic mass is 16.5. The second kappa shape index (κ2) is 5.33. The largest absolute Gasteiger partial charge is 0.493 e. The van der Waals surface area contributed by atoms with Crippen LogP contribution in [-0.2, 0) is 19.1 Å². The molecule has 0 N–H and O–H groups in total. The minimum absolute atomic E-state index is 0.125. The van der Waals surface area contributed by atoms with Crippen LogP contribution in [0.2, 0.25) is 0 Å². The van der Waals surface area contributed by atoms with E-state index < -0.39 is 0 Å². The van der Waals surface area contributed by atoms with E-state index in [0.29, 0.717) is 22.7 Å². The first-order valence-corrected chi connectivity index (χ1v) is 6.19. The molecule has 0 radical (unpaired) electrons. The zero-order chi connectivity index (χ0) is 14.9. The zero-order valence-corrected chi connectivity index (χ0v) is 11.9. The molecule has 2 aliphatic rings. The van der Waals surface area contributed by atoms with Crippen molar-refractivity contribution in [3.63, 3.8) is 0 Å². The Bertz CT molecular complexity index is 583. The van der Waals surface area contributed by atoms with Crippen LogP contribution in [0, 0.1) is 0 Å². The van der Waals surface area contributed by atoms with Crippen LogP contribution in [0.15, 0.2) is 58.1 Å². The summed E-state index contributed by atoms with van der Waals surface area (Å²) in [4.78, 5) is 23.7. The molecule has 0 aliphatic heterocycles. The van der Waals surface area contributed by atoms with Gasteiger partial charge in [-0.2, -0.15) is 0 Å². The van der Waals surface area contributed by atoms with Crippen molar-refractivity contribution < 1.29 is 19.1 Å². The smallest absolute Gasteiger partial charge is 0.223 e. The standard InChI is InChI=1S/C16H16O4/c1-9-5-11(7-13(19-3)15(9)17)12-6-10(2)16(18)14(8-12)20-4/h5-8H,1-4H3/b12-11-. The number of carbonyl (C=O) groups excluding carboxylic acids is 2. The number of Topliss-reactive ketones (excluding diaryl/α,β-unsaturated/α-hetero) is 2. The number of allylic oxidation sites excluding steroid dienone is 8. The molecule has 20 heavy (non-hydrogen) atoms. The van der Waals surface area contributed by atoms with Crippen LogP contribution in [0.3, 0.4) is 0 Å². The maximum atomic E-state index is 11.8. The summed E-state index contributed by atoms with van der Waals surface area (Å²) in [5, 5.41) is 0. The van der Waals surface area contributed by atoms with E-state index in [9.17, 15) is 9.59 Å². The molecule has 2 rings (SSSR count). The second-order valence-electron chi connectivity index (χ2n) is 4.65. The Morgan fingerprint density at radius 3 is 1.35 bits per heavy atom. The van der Waals surface area contributed by atoms with E-state index in [0.717, 1.165) is 11.1 Å². The number of hydrogen-bond acceptors (Lipinski definition) is 4. The molecule has 0 spiro atoms. The summed E-state index contributed by atoms with van der Waals surface area (Å²) in [6.45, 7) is 3.47. The monoisotopic (exact) mass is 272 g/mol. The molecule has 0 heterocycles. The fourth-order valence-electron chi connectivity index (χ4n) is 2.12. The molecule has 2 aliphatic carbocycles. The van der Waals surface area contributed by atoms with Crippen LogP contribution in [0.4, 0.5) is 0 Å². The highest BCUT2D eigenvalue weighted by molar-refractivity contribution is 6.10. The molecule has 4 heteroatoms. The van der Waals surface area contributed by atoms with Gasteiger partial charge in [0.15, 0.2) is 11.5 Å². The summed E-state index contributed by atoms with van der Waals surface area (Å²) < 4.78 is 10.2. The average molecular weight is 272 g/mol. The van der Waals surface area contributed by atoms with Crippen molar-refractivity contribution in [3.05, 3.63) is 58.1 Å². The molecule has 0 aromatic carbocycles. The van der Waals surface area contributed by atoms with Gasteiger partial charge in [-0.05, 0) is 49.3 Å². The summed E-state index contributed by atoms with van der Waals surface area (Å²) in [5.41, 5.74) is 2.84. The van der Waals surface area contributed by atoms with E-state index in [2.05, 4.69) is 0 Å². The van der Waals surface area contributed by atoms with Crippen LogP contribution in [0.5, 0.6) is 0 Å². The van der Waals surface area contributed by atoms with Gasteiger partial charge in [0.05, 0.1) is 14.2 Å². The minimum Gasteiger partial charge on any atom is -0.493 e. The van der Waals surface area contributed by atoms with Gasteiger partial charge in [-0.25, -0.2) is 0 Å². The Morgan fingerprint density at radius 1 is 0.700 bits per heavy atom. The van der Waals surface area contributed by atoms with Crippen LogP contribution in [0.1, 0.15) is 13.8 Å². The van der Waals surface area contributed by atoms with Crippen LogP contribution >= 0.6 is 0 Å². The fraction of sp³-hybridized carbons (Fsp3) is 0.250. The molecule has 0 atom stereocenters. The Labute approximate surface area is 117 Å². The number of carbonyl (C=O) groups is 2. The van der Waals surface area contributed by atoms with Crippen LogP contribution in [0.25, 0.3) is 0 Å². The summed E-state index contributed by atoms with van der Waals surface area (Å²) in [6, 6.07) is 0. The molecule has 0 bridgehead atoms. The lowest BCUT2D eigenvalue weighted by Crippen LogP contribution is -2.13. The Hall–Kier alpha value is -2.36. The van der Waals surface area contributed by atoms with Crippen molar-refractivity contribution in [1.82, 2.24) is 0 Å².